The molecule has 0 atom stereocenters. The molecule has 1 aromatic carbocycles. The largest absolute Gasteiger partial charge is 0.444 e. The van der Waals surface area contributed by atoms with Crippen LogP contribution in [0, 0.1) is 0 Å². The third-order valence-electron chi connectivity index (χ3n) is 5.25. The number of aromatic nitrogens is 1. The Hall–Kier alpha value is -3.69. The number of carbonyl (C=O) groups is 2. The number of benzene rings is 1. The van der Waals surface area contributed by atoms with Crippen LogP contribution >= 0.6 is 11.3 Å². The monoisotopic (exact) mass is 506 g/mol. The molecular formula is C27H30N4O4S. The predicted octanol–water partition coefficient (Wildman–Crippen LogP) is 5.65. The van der Waals surface area contributed by atoms with Gasteiger partial charge in [0.05, 0.1) is 24.6 Å². The molecule has 3 heterocycles. The highest BCUT2D eigenvalue weighted by Gasteiger charge is 2.18. The lowest BCUT2D eigenvalue weighted by Crippen LogP contribution is -2.36. The molecule has 36 heavy (non-hydrogen) atoms. The molecule has 188 valence electrons. The number of ether oxygens (including phenoxy) is 2. The number of carbonyl (C=O) groups excluding carboxylic acids is 2. The van der Waals surface area contributed by atoms with Crippen LogP contribution in [-0.2, 0) is 14.3 Å². The van der Waals surface area contributed by atoms with Gasteiger partial charge in [0.1, 0.15) is 11.4 Å². The maximum absolute atomic E-state index is 12.8. The summed E-state index contributed by atoms with van der Waals surface area (Å²) in [7, 11) is 0. The van der Waals surface area contributed by atoms with E-state index in [1.165, 1.54) is 6.08 Å². The third kappa shape index (κ3) is 7.16. The maximum atomic E-state index is 12.8. The molecule has 1 saturated heterocycles. The summed E-state index contributed by atoms with van der Waals surface area (Å²) in [4.78, 5) is 32.9. The highest BCUT2D eigenvalue weighted by atomic mass is 32.1. The molecule has 9 heteroatoms. The van der Waals surface area contributed by atoms with E-state index in [9.17, 15) is 9.59 Å². The molecule has 2 aromatic heterocycles. The van der Waals surface area contributed by atoms with Gasteiger partial charge in [-0.2, -0.15) is 0 Å². The number of hydrogen-bond acceptors (Lipinski definition) is 7. The second-order valence-electron chi connectivity index (χ2n) is 9.24. The average Bonchev–Trinajstić information content (AvgIpc) is 3.39. The van der Waals surface area contributed by atoms with Gasteiger partial charge in [0.15, 0.2) is 0 Å². The van der Waals surface area contributed by atoms with Crippen molar-refractivity contribution in [1.82, 2.24) is 4.98 Å². The predicted molar refractivity (Wildman–Crippen MR) is 145 cm³/mol. The highest BCUT2D eigenvalue weighted by Crippen LogP contribution is 2.32. The van der Waals surface area contributed by atoms with Gasteiger partial charge in [-0.1, -0.05) is 12.1 Å². The fourth-order valence-electron chi connectivity index (χ4n) is 3.59. The summed E-state index contributed by atoms with van der Waals surface area (Å²) in [5.41, 5.74) is 2.02. The van der Waals surface area contributed by atoms with Crippen molar-refractivity contribution in [3.63, 3.8) is 0 Å². The van der Waals surface area contributed by atoms with E-state index >= 15 is 0 Å². The lowest BCUT2D eigenvalue weighted by Gasteiger charge is -2.27. The molecule has 0 unspecified atom stereocenters. The van der Waals surface area contributed by atoms with Crippen molar-refractivity contribution in [3.8, 4) is 10.4 Å². The fraction of sp³-hybridized carbons (Fsp3) is 0.296. The van der Waals surface area contributed by atoms with Crippen molar-refractivity contribution in [2.45, 2.75) is 26.4 Å². The number of amides is 2. The summed E-state index contributed by atoms with van der Waals surface area (Å²) in [5.74, 6) is 0.561. The molecule has 4 rings (SSSR count). The van der Waals surface area contributed by atoms with Crippen LogP contribution in [0.25, 0.3) is 16.5 Å². The van der Waals surface area contributed by atoms with Crippen molar-refractivity contribution >= 4 is 46.6 Å². The number of morpholine rings is 1. The molecule has 8 nitrogen and oxygen atoms in total. The van der Waals surface area contributed by atoms with Crippen molar-refractivity contribution in [1.29, 1.82) is 0 Å². The Morgan fingerprint density at radius 3 is 2.56 bits per heavy atom. The smallest absolute Gasteiger partial charge is 0.412 e. The van der Waals surface area contributed by atoms with E-state index in [4.69, 9.17) is 9.47 Å². The molecule has 2 N–H and O–H groups in total. The van der Waals surface area contributed by atoms with Crippen LogP contribution in [0.2, 0.25) is 0 Å². The van der Waals surface area contributed by atoms with E-state index < -0.39 is 11.7 Å². The summed E-state index contributed by atoms with van der Waals surface area (Å²) in [6.07, 6.45) is 4.29. The minimum Gasteiger partial charge on any atom is -0.444 e. The second-order valence-corrected chi connectivity index (χ2v) is 10.2. The Morgan fingerprint density at radius 2 is 1.89 bits per heavy atom. The highest BCUT2D eigenvalue weighted by molar-refractivity contribution is 7.13. The summed E-state index contributed by atoms with van der Waals surface area (Å²) in [6, 6.07) is 13.3. The Kier molecular flexibility index (Phi) is 8.02. The zero-order chi connectivity index (χ0) is 25.5. The molecule has 0 saturated carbocycles. The first-order valence-electron chi connectivity index (χ1n) is 11.7. The van der Waals surface area contributed by atoms with E-state index in [1.807, 2.05) is 41.8 Å². The first-order chi connectivity index (χ1) is 17.3. The van der Waals surface area contributed by atoms with Crippen LogP contribution in [0.3, 0.4) is 0 Å². The van der Waals surface area contributed by atoms with Gasteiger partial charge in [-0.05, 0) is 73.7 Å². The minimum atomic E-state index is -0.640. The maximum Gasteiger partial charge on any atom is 0.412 e. The number of pyridine rings is 1. The van der Waals surface area contributed by atoms with Crippen LogP contribution in [0.1, 0.15) is 26.3 Å². The molecule has 1 aliphatic heterocycles. The van der Waals surface area contributed by atoms with Gasteiger partial charge in [-0.15, -0.1) is 11.3 Å². The number of hydrogen-bond donors (Lipinski definition) is 2. The summed E-state index contributed by atoms with van der Waals surface area (Å²) in [5, 5.41) is 7.60. The van der Waals surface area contributed by atoms with Crippen LogP contribution in [0.4, 0.5) is 22.0 Å². The summed E-state index contributed by atoms with van der Waals surface area (Å²) < 4.78 is 10.8. The van der Waals surface area contributed by atoms with Gasteiger partial charge in [0.2, 0.25) is 5.91 Å². The number of rotatable bonds is 6. The van der Waals surface area contributed by atoms with Crippen molar-refractivity contribution < 1.29 is 19.1 Å². The molecule has 0 spiro atoms. The van der Waals surface area contributed by atoms with Crippen LogP contribution in [-0.4, -0.2) is 48.9 Å². The topological polar surface area (TPSA) is 92.8 Å². The van der Waals surface area contributed by atoms with Gasteiger partial charge >= 0.3 is 6.09 Å². The second kappa shape index (κ2) is 11.4. The summed E-state index contributed by atoms with van der Waals surface area (Å²) in [6.45, 7) is 8.40. The average molecular weight is 507 g/mol. The van der Waals surface area contributed by atoms with E-state index in [1.54, 1.807) is 50.4 Å². The zero-order valence-electron chi connectivity index (χ0n) is 20.6. The normalized spacial score (nSPS) is 14.0. The van der Waals surface area contributed by atoms with E-state index in [0.717, 1.165) is 34.9 Å². The van der Waals surface area contributed by atoms with Crippen molar-refractivity contribution in [2.75, 3.05) is 41.8 Å². The molecule has 0 bridgehead atoms. The molecule has 2 amide bonds. The van der Waals surface area contributed by atoms with E-state index in [2.05, 4.69) is 20.5 Å². The molecule has 0 radical (unpaired) electrons. The van der Waals surface area contributed by atoms with Crippen LogP contribution in [0.15, 0.2) is 60.1 Å². The standard InChI is InChI=1S/C27H30N4O4S/c1-27(2,3)35-26(33)30-21-9-8-20(23-5-4-16-36-23)17-22(21)29-25(32)11-7-19-6-10-24(28-18-19)31-12-14-34-15-13-31/h4-11,16-18H,12-15H2,1-3H3,(H,29,32)(H,30,33). The van der Waals surface area contributed by atoms with Gasteiger partial charge in [0.25, 0.3) is 0 Å². The molecule has 1 aliphatic rings. The number of nitrogens with zero attached hydrogens (tertiary/aromatic N) is 2. The molecule has 3 aromatic rings. The lowest BCUT2D eigenvalue weighted by atomic mass is 10.1. The molecular weight excluding hydrogens is 476 g/mol. The SMILES string of the molecule is CC(C)(C)OC(=O)Nc1ccc(-c2cccs2)cc1NC(=O)C=Cc1ccc(N2CCOCC2)nc1. The lowest BCUT2D eigenvalue weighted by molar-refractivity contribution is -0.111. The van der Waals surface area contributed by atoms with Gasteiger partial charge < -0.3 is 19.7 Å². The Bertz CT molecular complexity index is 1210. The Morgan fingerprint density at radius 1 is 1.08 bits per heavy atom. The Balaban J connectivity index is 1.47. The third-order valence-corrected chi connectivity index (χ3v) is 6.17. The molecule has 1 fully saturated rings. The van der Waals surface area contributed by atoms with E-state index in [-0.39, 0.29) is 5.91 Å². The summed E-state index contributed by atoms with van der Waals surface area (Å²) >= 11 is 1.59. The van der Waals surface area contributed by atoms with Crippen molar-refractivity contribution in [2.24, 2.45) is 0 Å². The Labute approximate surface area is 214 Å². The van der Waals surface area contributed by atoms with E-state index in [0.29, 0.717) is 24.6 Å². The van der Waals surface area contributed by atoms with Gasteiger partial charge in [0, 0.05) is 30.2 Å². The number of thiophene rings is 1. The van der Waals surface area contributed by atoms with Crippen molar-refractivity contribution in [3.05, 3.63) is 65.7 Å². The zero-order valence-corrected chi connectivity index (χ0v) is 21.4. The quantitative estimate of drug-likeness (QED) is 0.420. The fourth-order valence-corrected chi connectivity index (χ4v) is 4.31. The van der Waals surface area contributed by atoms with Crippen LogP contribution < -0.4 is 15.5 Å². The first kappa shape index (κ1) is 25.4. The minimum absolute atomic E-state index is 0.331. The first-order valence-corrected chi connectivity index (χ1v) is 12.6. The van der Waals surface area contributed by atoms with Gasteiger partial charge in [-0.3, -0.25) is 10.1 Å². The van der Waals surface area contributed by atoms with Crippen LogP contribution in [0.5, 0.6) is 0 Å². The molecule has 0 aliphatic carbocycles. The van der Waals surface area contributed by atoms with Gasteiger partial charge in [-0.25, -0.2) is 9.78 Å². The number of nitrogens with one attached hydrogen (secondary N) is 2. The number of anilines is 3.